The van der Waals surface area contributed by atoms with Gasteiger partial charge in [0.2, 0.25) is 0 Å². The molecule has 1 aromatic heterocycles. The van der Waals surface area contributed by atoms with Gasteiger partial charge in [-0.2, -0.15) is 5.10 Å². The quantitative estimate of drug-likeness (QED) is 0.561. The van der Waals surface area contributed by atoms with E-state index >= 15 is 0 Å². The zero-order valence-electron chi connectivity index (χ0n) is 23.3. The number of hydrogen-bond donors (Lipinski definition) is 1. The lowest BCUT2D eigenvalue weighted by molar-refractivity contribution is -0.117. The van der Waals surface area contributed by atoms with Crippen molar-refractivity contribution < 1.29 is 9.53 Å². The molecule has 1 fully saturated rings. The molecule has 2 heterocycles. The summed E-state index contributed by atoms with van der Waals surface area (Å²) in [7, 11) is 8.21. The predicted molar refractivity (Wildman–Crippen MR) is 149 cm³/mol. The Balaban J connectivity index is 1.55. The number of rotatable bonds is 9. The van der Waals surface area contributed by atoms with Crippen LogP contribution in [0.5, 0.6) is 0 Å². The first kappa shape index (κ1) is 26.9. The Morgan fingerprint density at radius 2 is 1.86 bits per heavy atom. The van der Waals surface area contributed by atoms with E-state index in [0.29, 0.717) is 0 Å². The fourth-order valence-corrected chi connectivity index (χ4v) is 4.85. The van der Waals surface area contributed by atoms with Gasteiger partial charge in [0, 0.05) is 69.0 Å². The zero-order valence-corrected chi connectivity index (χ0v) is 23.3. The number of aromatic nitrogens is 2. The Morgan fingerprint density at radius 1 is 1.11 bits per heavy atom. The molecule has 1 atom stereocenters. The van der Waals surface area contributed by atoms with Crippen LogP contribution in [0.4, 0.5) is 5.69 Å². The third-order valence-corrected chi connectivity index (χ3v) is 7.35. The van der Waals surface area contributed by atoms with Gasteiger partial charge in [0.15, 0.2) is 0 Å². The van der Waals surface area contributed by atoms with Gasteiger partial charge in [0.05, 0.1) is 25.5 Å². The Kier molecular flexibility index (Phi) is 8.71. The van der Waals surface area contributed by atoms with E-state index in [0.717, 1.165) is 85.8 Å². The van der Waals surface area contributed by atoms with Gasteiger partial charge in [-0.1, -0.05) is 5.57 Å². The highest BCUT2D eigenvalue weighted by Crippen LogP contribution is 2.31. The minimum absolute atomic E-state index is 0.0112. The van der Waals surface area contributed by atoms with E-state index in [4.69, 9.17) is 4.74 Å². The molecule has 0 saturated carbocycles. The highest BCUT2D eigenvalue weighted by molar-refractivity contribution is 5.97. The van der Waals surface area contributed by atoms with Crippen LogP contribution >= 0.6 is 0 Å². The highest BCUT2D eigenvalue weighted by atomic mass is 16.5. The molecule has 1 amide bonds. The molecule has 0 radical (unpaired) electrons. The number of carbonyl (C=O) groups excluding carboxylic acids is 1. The number of amides is 1. The maximum atomic E-state index is 13.5. The highest BCUT2D eigenvalue weighted by Gasteiger charge is 2.22. The van der Waals surface area contributed by atoms with Crippen molar-refractivity contribution in [3.63, 3.8) is 0 Å². The number of hydrogen-bond acceptors (Lipinski definition) is 6. The first-order valence-electron chi connectivity index (χ1n) is 13.2. The van der Waals surface area contributed by atoms with Crippen LogP contribution in [0.25, 0.3) is 11.1 Å². The predicted octanol–water partition coefficient (Wildman–Crippen LogP) is 3.59. The first-order chi connectivity index (χ1) is 17.7. The van der Waals surface area contributed by atoms with Crippen LogP contribution in [0, 0.1) is 0 Å². The van der Waals surface area contributed by atoms with E-state index in [9.17, 15) is 4.79 Å². The number of benzene rings is 1. The smallest absolute Gasteiger partial charge is 0.251 e. The van der Waals surface area contributed by atoms with Crippen molar-refractivity contribution >= 4 is 11.6 Å². The Hall–Kier alpha value is -3.10. The van der Waals surface area contributed by atoms with E-state index in [1.165, 1.54) is 5.70 Å². The van der Waals surface area contributed by atoms with E-state index in [2.05, 4.69) is 84.4 Å². The maximum absolute atomic E-state index is 13.5. The fourth-order valence-electron chi connectivity index (χ4n) is 4.85. The van der Waals surface area contributed by atoms with Crippen LogP contribution < -0.4 is 10.2 Å². The van der Waals surface area contributed by atoms with Crippen molar-refractivity contribution in [2.24, 2.45) is 7.05 Å². The summed E-state index contributed by atoms with van der Waals surface area (Å²) in [4.78, 5) is 20.3. The number of aryl methyl sites for hydroxylation is 1. The fraction of sp³-hybridized carbons (Fsp3) is 0.517. The molecule has 2 aliphatic rings. The summed E-state index contributed by atoms with van der Waals surface area (Å²) in [5, 5.41) is 7.65. The van der Waals surface area contributed by atoms with Crippen molar-refractivity contribution in [2.75, 3.05) is 65.4 Å². The van der Waals surface area contributed by atoms with Gasteiger partial charge < -0.3 is 24.8 Å². The van der Waals surface area contributed by atoms with Crippen LogP contribution in [-0.2, 0) is 16.6 Å². The lowest BCUT2D eigenvalue weighted by atomic mass is 9.94. The molecule has 1 aliphatic carbocycles. The van der Waals surface area contributed by atoms with Crippen LogP contribution in [0.1, 0.15) is 38.3 Å². The van der Waals surface area contributed by atoms with Gasteiger partial charge in [-0.05, 0) is 76.2 Å². The minimum atomic E-state index is -0.144. The normalized spacial score (nSPS) is 17.2. The summed E-state index contributed by atoms with van der Waals surface area (Å²) < 4.78 is 7.39. The summed E-state index contributed by atoms with van der Waals surface area (Å²) in [6.07, 6.45) is 7.88. The van der Waals surface area contributed by atoms with Gasteiger partial charge in [0.25, 0.3) is 5.91 Å². The average Bonchev–Trinajstić information content (AvgIpc) is 3.34. The number of anilines is 1. The second-order valence-corrected chi connectivity index (χ2v) is 10.6. The Labute approximate surface area is 221 Å². The molecule has 1 unspecified atom stereocenters. The molecule has 1 saturated heterocycles. The second-order valence-electron chi connectivity index (χ2n) is 10.6. The van der Waals surface area contributed by atoms with Gasteiger partial charge >= 0.3 is 0 Å². The van der Waals surface area contributed by atoms with E-state index < -0.39 is 0 Å². The molecule has 0 bridgehead atoms. The summed E-state index contributed by atoms with van der Waals surface area (Å²) >= 11 is 0. The molecule has 1 aliphatic heterocycles. The maximum Gasteiger partial charge on any atom is 0.251 e. The molecule has 2 aromatic rings. The number of nitrogens with zero attached hydrogens (tertiary/aromatic N) is 5. The molecule has 4 rings (SSSR count). The summed E-state index contributed by atoms with van der Waals surface area (Å²) in [6.45, 7) is 9.23. The first-order valence-corrected chi connectivity index (χ1v) is 13.2. The molecule has 8 nitrogen and oxygen atoms in total. The van der Waals surface area contributed by atoms with Crippen molar-refractivity contribution in [2.45, 2.75) is 32.7 Å². The lowest BCUT2D eigenvalue weighted by Crippen LogP contribution is -2.36. The van der Waals surface area contributed by atoms with E-state index in [-0.39, 0.29) is 11.9 Å². The molecular weight excluding hydrogens is 464 g/mol. The average molecular weight is 507 g/mol. The Morgan fingerprint density at radius 3 is 2.54 bits per heavy atom. The van der Waals surface area contributed by atoms with Crippen molar-refractivity contribution in [1.29, 1.82) is 0 Å². The van der Waals surface area contributed by atoms with Crippen LogP contribution in [0.3, 0.4) is 0 Å². The van der Waals surface area contributed by atoms with E-state index in [1.807, 2.05) is 24.1 Å². The molecule has 8 heteroatoms. The minimum Gasteiger partial charge on any atom is -0.378 e. The standard InChI is InChI=1S/C29H42N6O2/c1-21-7-8-26(33(5)10-9-32(3)4)18-28(21)29(36)31-22(2)23-15-24(25-19-30-34(6)20-25)17-27(16-23)35-11-13-37-14-12-35/h15-20,22H,7-14H2,1-6H3,(H,31,36). The van der Waals surface area contributed by atoms with Gasteiger partial charge in [-0.15, -0.1) is 0 Å². The number of ether oxygens (including phenoxy) is 1. The number of nitrogens with one attached hydrogen (secondary N) is 1. The topological polar surface area (TPSA) is 65.9 Å². The van der Waals surface area contributed by atoms with Crippen molar-refractivity contribution in [1.82, 2.24) is 24.9 Å². The van der Waals surface area contributed by atoms with Crippen LogP contribution in [0.2, 0.25) is 0 Å². The van der Waals surface area contributed by atoms with Crippen molar-refractivity contribution in [3.05, 3.63) is 59.1 Å². The molecule has 1 N–H and O–H groups in total. The largest absolute Gasteiger partial charge is 0.378 e. The molecule has 200 valence electrons. The third kappa shape index (κ3) is 6.81. The SMILES string of the molecule is CC1=C(C(=O)NC(C)c2cc(-c3cnn(C)c3)cc(N3CCOCC3)c2)C=C(N(C)CCN(C)C)CC1. The number of allylic oxidation sites excluding steroid dienone is 2. The van der Waals surface area contributed by atoms with Gasteiger partial charge in [0.1, 0.15) is 0 Å². The number of carbonyl (C=O) groups is 1. The van der Waals surface area contributed by atoms with Gasteiger partial charge in [-0.3, -0.25) is 9.48 Å². The molecule has 1 aromatic carbocycles. The summed E-state index contributed by atoms with van der Waals surface area (Å²) in [6, 6.07) is 6.44. The molecule has 37 heavy (non-hydrogen) atoms. The third-order valence-electron chi connectivity index (χ3n) is 7.35. The lowest BCUT2D eigenvalue weighted by Gasteiger charge is -2.30. The Bertz CT molecular complexity index is 1160. The summed E-state index contributed by atoms with van der Waals surface area (Å²) in [5.74, 6) is -0.0112. The molecular formula is C29H42N6O2. The second kappa shape index (κ2) is 12.0. The molecule has 0 spiro atoms. The monoisotopic (exact) mass is 506 g/mol. The summed E-state index contributed by atoms with van der Waals surface area (Å²) in [5.41, 5.74) is 7.56. The van der Waals surface area contributed by atoms with Crippen LogP contribution in [0.15, 0.2) is 53.5 Å². The number of likely N-dealkylation sites (N-methyl/N-ethyl adjacent to an activating group) is 2. The van der Waals surface area contributed by atoms with Gasteiger partial charge in [-0.25, -0.2) is 0 Å². The van der Waals surface area contributed by atoms with E-state index in [1.54, 1.807) is 0 Å². The van der Waals surface area contributed by atoms with Crippen LogP contribution in [-0.4, -0.2) is 86.0 Å². The zero-order chi connectivity index (χ0) is 26.5. The number of morpholine rings is 1. The van der Waals surface area contributed by atoms with Crippen molar-refractivity contribution in [3.8, 4) is 11.1 Å².